The first-order chi connectivity index (χ1) is 9.26. The molecule has 1 atom stereocenters. The maximum atomic E-state index is 12.1. The van der Waals surface area contributed by atoms with E-state index >= 15 is 0 Å². The van der Waals surface area contributed by atoms with Crippen LogP contribution in [0.2, 0.25) is 0 Å². The second-order valence-corrected chi connectivity index (χ2v) is 7.04. The lowest BCUT2D eigenvalue weighted by atomic mass is 10.0. The van der Waals surface area contributed by atoms with E-state index in [1.807, 2.05) is 30.3 Å². The fraction of sp³-hybridized carbons (Fsp3) is 0.588. The van der Waals surface area contributed by atoms with Crippen LogP contribution in [0.3, 0.4) is 0 Å². The molecule has 3 heteroatoms. The molecule has 2 rings (SSSR count). The topological polar surface area (TPSA) is 55.1 Å². The van der Waals surface area contributed by atoms with Crippen LogP contribution >= 0.6 is 0 Å². The lowest BCUT2D eigenvalue weighted by molar-refractivity contribution is -0.122. The van der Waals surface area contributed by atoms with E-state index in [0.29, 0.717) is 23.2 Å². The minimum Gasteiger partial charge on any atom is -0.354 e. The van der Waals surface area contributed by atoms with E-state index in [1.165, 1.54) is 0 Å². The SMILES string of the molecule is CC1(C)C(CNC(=O)[C@@H](N)Cc2ccccc2)C1(C)C. The van der Waals surface area contributed by atoms with Crippen molar-refractivity contribution in [3.63, 3.8) is 0 Å². The highest BCUT2D eigenvalue weighted by molar-refractivity contribution is 5.81. The lowest BCUT2D eigenvalue weighted by Crippen LogP contribution is -2.43. The average molecular weight is 274 g/mol. The number of nitrogens with two attached hydrogens (primary N) is 1. The molecule has 20 heavy (non-hydrogen) atoms. The zero-order chi connectivity index (χ0) is 15.0. The van der Waals surface area contributed by atoms with Crippen molar-refractivity contribution in [1.82, 2.24) is 5.32 Å². The summed E-state index contributed by atoms with van der Waals surface area (Å²) in [4.78, 5) is 12.1. The summed E-state index contributed by atoms with van der Waals surface area (Å²) in [5, 5.41) is 3.01. The predicted octanol–water partition coefficient (Wildman–Crippen LogP) is 2.35. The van der Waals surface area contributed by atoms with Gasteiger partial charge in [0.1, 0.15) is 0 Å². The number of rotatable bonds is 5. The van der Waals surface area contributed by atoms with E-state index in [4.69, 9.17) is 5.73 Å². The molecule has 1 amide bonds. The normalized spacial score (nSPS) is 21.2. The first-order valence-corrected chi connectivity index (χ1v) is 7.34. The van der Waals surface area contributed by atoms with Crippen molar-refractivity contribution in [1.29, 1.82) is 0 Å². The number of benzene rings is 1. The van der Waals surface area contributed by atoms with Gasteiger partial charge in [0, 0.05) is 6.54 Å². The summed E-state index contributed by atoms with van der Waals surface area (Å²) in [6.45, 7) is 9.75. The van der Waals surface area contributed by atoms with Gasteiger partial charge in [0.15, 0.2) is 0 Å². The van der Waals surface area contributed by atoms with Gasteiger partial charge in [-0.2, -0.15) is 0 Å². The molecule has 110 valence electrons. The first-order valence-electron chi connectivity index (χ1n) is 7.34. The van der Waals surface area contributed by atoms with Crippen molar-refractivity contribution < 1.29 is 4.79 Å². The molecule has 1 aromatic rings. The van der Waals surface area contributed by atoms with E-state index < -0.39 is 6.04 Å². The van der Waals surface area contributed by atoms with Crippen LogP contribution < -0.4 is 11.1 Å². The summed E-state index contributed by atoms with van der Waals surface area (Å²) in [7, 11) is 0. The monoisotopic (exact) mass is 274 g/mol. The molecule has 0 bridgehead atoms. The summed E-state index contributed by atoms with van der Waals surface area (Å²) in [5.74, 6) is 0.482. The Kier molecular flexibility index (Phi) is 3.92. The molecule has 1 aliphatic rings. The summed E-state index contributed by atoms with van der Waals surface area (Å²) in [6.07, 6.45) is 0.587. The molecule has 0 aromatic heterocycles. The smallest absolute Gasteiger partial charge is 0.237 e. The van der Waals surface area contributed by atoms with Crippen LogP contribution in [0.4, 0.5) is 0 Å². The number of hydrogen-bond donors (Lipinski definition) is 2. The summed E-state index contributed by atoms with van der Waals surface area (Å²) >= 11 is 0. The molecule has 3 N–H and O–H groups in total. The number of hydrogen-bond acceptors (Lipinski definition) is 2. The highest BCUT2D eigenvalue weighted by atomic mass is 16.2. The molecule has 1 fully saturated rings. The number of amides is 1. The Morgan fingerprint density at radius 3 is 2.25 bits per heavy atom. The van der Waals surface area contributed by atoms with Crippen molar-refractivity contribution >= 4 is 5.91 Å². The van der Waals surface area contributed by atoms with Crippen LogP contribution in [0, 0.1) is 16.7 Å². The van der Waals surface area contributed by atoms with Crippen LogP contribution in [0.5, 0.6) is 0 Å². The lowest BCUT2D eigenvalue weighted by Gasteiger charge is -2.13. The Morgan fingerprint density at radius 2 is 1.75 bits per heavy atom. The van der Waals surface area contributed by atoms with Crippen LogP contribution in [-0.4, -0.2) is 18.5 Å². The number of carbonyl (C=O) groups excluding carboxylic acids is 1. The standard InChI is InChI=1S/C17H26N2O/c1-16(2)14(17(16,3)4)11-19-15(20)13(18)10-12-8-6-5-7-9-12/h5-9,13-14H,10-11,18H2,1-4H3,(H,19,20)/t13-/m0/s1. The molecule has 1 aliphatic carbocycles. The second kappa shape index (κ2) is 5.21. The van der Waals surface area contributed by atoms with Crippen molar-refractivity contribution in [3.8, 4) is 0 Å². The van der Waals surface area contributed by atoms with E-state index in [-0.39, 0.29) is 5.91 Å². The predicted molar refractivity (Wildman–Crippen MR) is 82.2 cm³/mol. The third-order valence-corrected chi connectivity index (χ3v) is 5.44. The molecule has 0 heterocycles. The van der Waals surface area contributed by atoms with Crippen molar-refractivity contribution in [2.24, 2.45) is 22.5 Å². The highest BCUT2D eigenvalue weighted by Gasteiger charge is 2.64. The molecular formula is C17H26N2O. The Hall–Kier alpha value is -1.35. The molecular weight excluding hydrogens is 248 g/mol. The van der Waals surface area contributed by atoms with Crippen molar-refractivity contribution in [2.45, 2.75) is 40.2 Å². The maximum absolute atomic E-state index is 12.1. The van der Waals surface area contributed by atoms with Gasteiger partial charge in [0.2, 0.25) is 5.91 Å². The molecule has 0 aliphatic heterocycles. The van der Waals surface area contributed by atoms with Gasteiger partial charge in [-0.25, -0.2) is 0 Å². The number of nitrogens with one attached hydrogen (secondary N) is 1. The zero-order valence-electron chi connectivity index (χ0n) is 12.9. The average Bonchev–Trinajstić information content (AvgIpc) is 2.78. The van der Waals surface area contributed by atoms with Crippen LogP contribution in [-0.2, 0) is 11.2 Å². The van der Waals surface area contributed by atoms with Gasteiger partial charge < -0.3 is 11.1 Å². The van der Waals surface area contributed by atoms with Crippen LogP contribution in [0.1, 0.15) is 33.3 Å². The van der Waals surface area contributed by atoms with E-state index in [2.05, 4.69) is 33.0 Å². The van der Waals surface area contributed by atoms with Crippen LogP contribution in [0.25, 0.3) is 0 Å². The van der Waals surface area contributed by atoms with Gasteiger partial charge in [0.25, 0.3) is 0 Å². The molecule has 0 spiro atoms. The third kappa shape index (κ3) is 2.73. The van der Waals surface area contributed by atoms with Crippen molar-refractivity contribution in [3.05, 3.63) is 35.9 Å². The molecule has 1 saturated carbocycles. The minimum absolute atomic E-state index is 0.0487. The van der Waals surface area contributed by atoms with Gasteiger partial charge in [-0.3, -0.25) is 4.79 Å². The Balaban J connectivity index is 1.81. The van der Waals surface area contributed by atoms with Gasteiger partial charge in [0.05, 0.1) is 6.04 Å². The Morgan fingerprint density at radius 1 is 1.20 bits per heavy atom. The van der Waals surface area contributed by atoms with E-state index in [9.17, 15) is 4.79 Å². The van der Waals surface area contributed by atoms with Gasteiger partial charge >= 0.3 is 0 Å². The minimum atomic E-state index is -0.470. The number of carbonyl (C=O) groups is 1. The van der Waals surface area contributed by atoms with Gasteiger partial charge in [-0.15, -0.1) is 0 Å². The van der Waals surface area contributed by atoms with E-state index in [1.54, 1.807) is 0 Å². The molecule has 1 aromatic carbocycles. The molecule has 0 unspecified atom stereocenters. The van der Waals surface area contributed by atoms with E-state index in [0.717, 1.165) is 12.1 Å². The highest BCUT2D eigenvalue weighted by Crippen LogP contribution is 2.67. The fourth-order valence-corrected chi connectivity index (χ4v) is 3.14. The largest absolute Gasteiger partial charge is 0.354 e. The van der Waals surface area contributed by atoms with Crippen LogP contribution in [0.15, 0.2) is 30.3 Å². The molecule has 0 radical (unpaired) electrons. The first kappa shape index (κ1) is 15.0. The zero-order valence-corrected chi connectivity index (χ0v) is 12.9. The summed E-state index contributed by atoms with van der Waals surface area (Å²) < 4.78 is 0. The van der Waals surface area contributed by atoms with Crippen molar-refractivity contribution in [2.75, 3.05) is 6.54 Å². The molecule has 0 saturated heterocycles. The summed E-state index contributed by atoms with van der Waals surface area (Å²) in [6, 6.07) is 9.43. The quantitative estimate of drug-likeness (QED) is 0.866. The fourth-order valence-electron chi connectivity index (χ4n) is 3.14. The Labute approximate surface area is 121 Å². The van der Waals surface area contributed by atoms with Gasteiger partial charge in [-0.1, -0.05) is 58.0 Å². The van der Waals surface area contributed by atoms with Gasteiger partial charge in [-0.05, 0) is 28.7 Å². The molecule has 3 nitrogen and oxygen atoms in total. The Bertz CT molecular complexity index is 465. The maximum Gasteiger partial charge on any atom is 0.237 e. The third-order valence-electron chi connectivity index (χ3n) is 5.44. The summed E-state index contributed by atoms with van der Waals surface area (Å²) in [5.41, 5.74) is 7.67. The second-order valence-electron chi connectivity index (χ2n) is 7.04.